The Morgan fingerprint density at radius 1 is 1.02 bits per heavy atom. The van der Waals surface area contributed by atoms with Gasteiger partial charge in [0.15, 0.2) is 5.60 Å². The van der Waals surface area contributed by atoms with Crippen LogP contribution in [0.1, 0.15) is 66.4 Å². The number of Topliss-reactive ketones (excluding diaryl/α,β-unsaturated/α-hetero) is 1. The lowest BCUT2D eigenvalue weighted by Gasteiger charge is -2.34. The Labute approximate surface area is 236 Å². The molecule has 0 heterocycles. The van der Waals surface area contributed by atoms with Crippen molar-refractivity contribution in [3.8, 4) is 0 Å². The van der Waals surface area contributed by atoms with Crippen LogP contribution in [0.2, 0.25) is 0 Å². The summed E-state index contributed by atoms with van der Waals surface area (Å²) in [7, 11) is 0. The average Bonchev–Trinajstić information content (AvgIpc) is 3.30. The van der Waals surface area contributed by atoms with Crippen LogP contribution in [-0.4, -0.2) is 42.0 Å². The predicted octanol–water partition coefficient (Wildman–Crippen LogP) is 5.64. The number of ketones is 1. The molecule has 4 rings (SSSR count). The van der Waals surface area contributed by atoms with Crippen molar-refractivity contribution in [2.45, 2.75) is 72.5 Å². The third-order valence-electron chi connectivity index (χ3n) is 8.83. The number of benzene rings is 1. The summed E-state index contributed by atoms with van der Waals surface area (Å²) in [6.45, 7) is 10.8. The van der Waals surface area contributed by atoms with E-state index in [0.29, 0.717) is 17.9 Å². The predicted molar refractivity (Wildman–Crippen MR) is 151 cm³/mol. The minimum Gasteiger partial charge on any atom is -0.461 e. The molecule has 1 aromatic rings. The Hall–Kier alpha value is -3.48. The quantitative estimate of drug-likeness (QED) is 0.196. The minimum absolute atomic E-state index is 0.0351. The fourth-order valence-electron chi connectivity index (χ4n) is 6.67. The Kier molecular flexibility index (Phi) is 8.52. The Morgan fingerprint density at radius 2 is 1.73 bits per heavy atom. The van der Waals surface area contributed by atoms with E-state index in [0.717, 1.165) is 17.6 Å². The molecule has 0 radical (unpaired) electrons. The van der Waals surface area contributed by atoms with E-state index in [-0.39, 0.29) is 36.1 Å². The third kappa shape index (κ3) is 6.13. The van der Waals surface area contributed by atoms with Crippen molar-refractivity contribution in [2.24, 2.45) is 29.1 Å². The number of hydrogen-bond acceptors (Lipinski definition) is 7. The highest BCUT2D eigenvalue weighted by molar-refractivity contribution is 6.03. The van der Waals surface area contributed by atoms with Gasteiger partial charge >= 0.3 is 17.9 Å². The Bertz CT molecular complexity index is 1250. The van der Waals surface area contributed by atoms with E-state index >= 15 is 0 Å². The van der Waals surface area contributed by atoms with E-state index in [9.17, 15) is 19.2 Å². The van der Waals surface area contributed by atoms with Gasteiger partial charge in [-0.1, -0.05) is 63.3 Å². The van der Waals surface area contributed by atoms with E-state index in [1.807, 2.05) is 49.4 Å². The molecule has 3 aliphatic rings. The monoisotopic (exact) mass is 548 g/mol. The second kappa shape index (κ2) is 11.6. The van der Waals surface area contributed by atoms with Crippen LogP contribution >= 0.6 is 0 Å². The summed E-state index contributed by atoms with van der Waals surface area (Å²) in [5.74, 6) is -2.26. The van der Waals surface area contributed by atoms with Gasteiger partial charge in [-0.25, -0.2) is 4.79 Å². The summed E-state index contributed by atoms with van der Waals surface area (Å²) < 4.78 is 17.3. The first-order valence-corrected chi connectivity index (χ1v) is 14.0. The van der Waals surface area contributed by atoms with Crippen molar-refractivity contribution >= 4 is 29.8 Å². The second-order valence-electron chi connectivity index (χ2n) is 12.1. The smallest absolute Gasteiger partial charge is 0.331 e. The highest BCUT2D eigenvalue weighted by Gasteiger charge is 2.61. The summed E-state index contributed by atoms with van der Waals surface area (Å²) >= 11 is 0. The Balaban J connectivity index is 1.76. The number of carbonyl (C=O) groups excluding carboxylic acids is 4. The Morgan fingerprint density at radius 3 is 2.38 bits per heavy atom. The molecule has 214 valence electrons. The molecule has 0 unspecified atom stereocenters. The molecule has 0 aliphatic heterocycles. The van der Waals surface area contributed by atoms with Crippen LogP contribution in [0.15, 0.2) is 59.7 Å². The van der Waals surface area contributed by atoms with Gasteiger partial charge in [0.05, 0.1) is 5.92 Å². The first kappa shape index (κ1) is 29.5. The topological polar surface area (TPSA) is 96.0 Å². The number of ether oxygens (including phenoxy) is 3. The number of allylic oxidation sites excluding steroid dienone is 1. The molecule has 0 bridgehead atoms. The number of rotatable bonds is 6. The van der Waals surface area contributed by atoms with Crippen LogP contribution in [0, 0.1) is 29.1 Å². The van der Waals surface area contributed by atoms with Gasteiger partial charge in [-0.3, -0.25) is 14.4 Å². The highest BCUT2D eigenvalue weighted by Crippen LogP contribution is 2.62. The molecular weight excluding hydrogens is 508 g/mol. The van der Waals surface area contributed by atoms with Crippen molar-refractivity contribution in [1.29, 1.82) is 0 Å². The van der Waals surface area contributed by atoms with Crippen molar-refractivity contribution < 1.29 is 33.4 Å². The van der Waals surface area contributed by atoms with Gasteiger partial charge in [0, 0.05) is 26.3 Å². The van der Waals surface area contributed by atoms with Crippen LogP contribution < -0.4 is 0 Å². The normalized spacial score (nSPS) is 31.1. The zero-order chi connectivity index (χ0) is 29.2. The van der Waals surface area contributed by atoms with Gasteiger partial charge in [-0.05, 0) is 65.7 Å². The molecule has 3 aliphatic carbocycles. The summed E-state index contributed by atoms with van der Waals surface area (Å²) in [4.78, 5) is 51.4. The van der Waals surface area contributed by atoms with Crippen molar-refractivity contribution in [3.05, 3.63) is 65.3 Å². The number of esters is 3. The maximum absolute atomic E-state index is 14.2. The van der Waals surface area contributed by atoms with Gasteiger partial charge in [0.1, 0.15) is 12.7 Å². The fourth-order valence-corrected chi connectivity index (χ4v) is 6.67. The molecule has 2 saturated carbocycles. The number of fused-ring (bicyclic) bond motifs is 2. The van der Waals surface area contributed by atoms with Gasteiger partial charge in [0.25, 0.3) is 0 Å². The summed E-state index contributed by atoms with van der Waals surface area (Å²) in [5.41, 5.74) is 0.713. The molecular formula is C33H40O7. The molecule has 0 saturated heterocycles. The first-order chi connectivity index (χ1) is 18.8. The lowest BCUT2D eigenvalue weighted by molar-refractivity contribution is -0.169. The molecule has 7 nitrogen and oxygen atoms in total. The molecule has 1 aromatic carbocycles. The van der Waals surface area contributed by atoms with E-state index < -0.39 is 35.5 Å². The third-order valence-corrected chi connectivity index (χ3v) is 8.83. The summed E-state index contributed by atoms with van der Waals surface area (Å²) in [6.07, 6.45) is 7.91. The molecule has 0 spiro atoms. The maximum atomic E-state index is 14.2. The minimum atomic E-state index is -1.54. The van der Waals surface area contributed by atoms with Crippen molar-refractivity contribution in [3.63, 3.8) is 0 Å². The van der Waals surface area contributed by atoms with Gasteiger partial charge in [-0.2, -0.15) is 0 Å². The molecule has 0 amide bonds. The molecule has 0 aromatic heterocycles. The average molecular weight is 549 g/mol. The lowest BCUT2D eigenvalue weighted by Crippen LogP contribution is -2.48. The van der Waals surface area contributed by atoms with E-state index in [4.69, 9.17) is 14.2 Å². The summed E-state index contributed by atoms with van der Waals surface area (Å²) in [5, 5.41) is 0. The van der Waals surface area contributed by atoms with E-state index in [1.165, 1.54) is 19.9 Å². The molecule has 7 heteroatoms. The summed E-state index contributed by atoms with van der Waals surface area (Å²) in [6, 6.07) is 9.40. The van der Waals surface area contributed by atoms with Crippen molar-refractivity contribution in [2.75, 3.05) is 6.61 Å². The van der Waals surface area contributed by atoms with Crippen LogP contribution in [0.4, 0.5) is 0 Å². The fraction of sp³-hybridized carbons (Fsp3) is 0.515. The van der Waals surface area contributed by atoms with E-state index in [1.54, 1.807) is 13.0 Å². The standard InChI is InChI=1S/C33H40O7/c1-20-16-27-26(32(27,5)6)14-12-25(19-38-22(3)34)17-28-30(21(2)18-33(28,31(20)37)40-23(4)35)39-29(36)15-13-24-10-8-7-9-11-24/h7-11,13,15-17,21,26-28,30H,12,14,18-19H2,1-6H3/t21-,26-,27+,28-,30-,33+/m0/s1. The van der Waals surface area contributed by atoms with Crippen LogP contribution in [0.5, 0.6) is 0 Å². The number of carbonyl (C=O) groups is 4. The van der Waals surface area contributed by atoms with Crippen LogP contribution in [0.3, 0.4) is 0 Å². The van der Waals surface area contributed by atoms with Crippen molar-refractivity contribution in [1.82, 2.24) is 0 Å². The maximum Gasteiger partial charge on any atom is 0.331 e. The number of hydrogen-bond donors (Lipinski definition) is 0. The zero-order valence-corrected chi connectivity index (χ0v) is 24.3. The largest absolute Gasteiger partial charge is 0.461 e. The molecule has 40 heavy (non-hydrogen) atoms. The molecule has 2 fully saturated rings. The lowest BCUT2D eigenvalue weighted by atomic mass is 9.81. The van der Waals surface area contributed by atoms with Gasteiger partial charge < -0.3 is 14.2 Å². The molecule has 0 N–H and O–H groups in total. The van der Waals surface area contributed by atoms with E-state index in [2.05, 4.69) is 13.8 Å². The zero-order valence-electron chi connectivity index (χ0n) is 24.3. The van der Waals surface area contributed by atoms with Gasteiger partial charge in [-0.15, -0.1) is 0 Å². The SMILES string of the molecule is CC(=O)OCC1=C[C@H]2[C@@H](OC(=O)C=Cc3ccccc3)[C@@H](C)C[C@]2(OC(C)=O)C(=O)C(C)=C[C@@H]2[C@H](CC1)C2(C)C. The second-order valence-corrected chi connectivity index (χ2v) is 12.1. The van der Waals surface area contributed by atoms with Gasteiger partial charge in [0.2, 0.25) is 5.78 Å². The highest BCUT2D eigenvalue weighted by atomic mass is 16.6. The van der Waals surface area contributed by atoms with Crippen LogP contribution in [0.25, 0.3) is 6.08 Å². The molecule has 6 atom stereocenters. The first-order valence-electron chi connectivity index (χ1n) is 14.0. The van der Waals surface area contributed by atoms with Crippen LogP contribution in [-0.2, 0) is 33.4 Å².